The van der Waals surface area contributed by atoms with Crippen molar-refractivity contribution in [1.29, 1.82) is 0 Å². The van der Waals surface area contributed by atoms with Gasteiger partial charge >= 0.3 is 0 Å². The Morgan fingerprint density at radius 1 is 1.25 bits per heavy atom. The monoisotopic (exact) mass is 225 g/mol. The van der Waals surface area contributed by atoms with Crippen molar-refractivity contribution in [2.45, 2.75) is 45.9 Å². The molecule has 2 rings (SSSR count). The summed E-state index contributed by atoms with van der Waals surface area (Å²) in [4.78, 5) is 2.33. The van der Waals surface area contributed by atoms with Crippen molar-refractivity contribution in [1.82, 2.24) is 15.1 Å². The molecule has 1 saturated heterocycles. The molecule has 0 amide bonds. The van der Waals surface area contributed by atoms with Gasteiger partial charge in [0, 0.05) is 20.0 Å². The molecule has 0 spiro atoms. The van der Waals surface area contributed by atoms with E-state index in [9.17, 15) is 0 Å². The fourth-order valence-corrected chi connectivity index (χ4v) is 2.17. The fraction of sp³-hybridized carbons (Fsp3) is 0.818. The summed E-state index contributed by atoms with van der Waals surface area (Å²) in [5.74, 6) is 1.31. The Labute approximate surface area is 95.8 Å². The molecule has 5 heteroatoms. The molecule has 0 N–H and O–H groups in total. The van der Waals surface area contributed by atoms with E-state index in [-0.39, 0.29) is 18.2 Å². The van der Waals surface area contributed by atoms with Gasteiger partial charge in [0.15, 0.2) is 0 Å². The van der Waals surface area contributed by atoms with Crippen LogP contribution in [0.2, 0.25) is 0 Å². The van der Waals surface area contributed by atoms with Crippen LogP contribution in [-0.4, -0.2) is 40.4 Å². The minimum absolute atomic E-state index is 0.162. The summed E-state index contributed by atoms with van der Waals surface area (Å²) >= 11 is 0. The lowest BCUT2D eigenvalue weighted by Gasteiger charge is -2.37. The minimum atomic E-state index is 0.162. The maximum atomic E-state index is 5.70. The first-order chi connectivity index (χ1) is 7.56. The van der Waals surface area contributed by atoms with Crippen LogP contribution in [-0.2, 0) is 4.74 Å². The van der Waals surface area contributed by atoms with Gasteiger partial charge in [0.1, 0.15) is 0 Å². The highest BCUT2D eigenvalue weighted by atomic mass is 16.5. The summed E-state index contributed by atoms with van der Waals surface area (Å²) in [6.45, 7) is 9.91. The van der Waals surface area contributed by atoms with Gasteiger partial charge in [-0.25, -0.2) is 0 Å². The van der Waals surface area contributed by atoms with Crippen molar-refractivity contribution in [3.63, 3.8) is 0 Å². The van der Waals surface area contributed by atoms with E-state index < -0.39 is 0 Å². The second-order valence-corrected chi connectivity index (χ2v) is 4.55. The van der Waals surface area contributed by atoms with E-state index in [1.165, 1.54) is 0 Å². The van der Waals surface area contributed by atoms with Gasteiger partial charge in [0.05, 0.1) is 18.2 Å². The highest BCUT2D eigenvalue weighted by Gasteiger charge is 2.28. The normalized spacial score (nSPS) is 29.2. The van der Waals surface area contributed by atoms with Crippen LogP contribution in [0.4, 0.5) is 0 Å². The first kappa shape index (κ1) is 11.5. The van der Waals surface area contributed by atoms with Gasteiger partial charge in [-0.15, -0.1) is 10.2 Å². The van der Waals surface area contributed by atoms with E-state index >= 15 is 0 Å². The lowest BCUT2D eigenvalue weighted by molar-refractivity contribution is -0.0814. The topological polar surface area (TPSA) is 51.4 Å². The molecule has 0 radical (unpaired) electrons. The van der Waals surface area contributed by atoms with Crippen LogP contribution < -0.4 is 0 Å². The molecule has 1 aliphatic rings. The third kappa shape index (κ3) is 2.41. The summed E-state index contributed by atoms with van der Waals surface area (Å²) < 4.78 is 11.2. The van der Waals surface area contributed by atoms with Gasteiger partial charge < -0.3 is 9.15 Å². The zero-order chi connectivity index (χ0) is 11.7. The highest BCUT2D eigenvalue weighted by molar-refractivity contribution is 4.90. The molecule has 16 heavy (non-hydrogen) atoms. The molecule has 0 bridgehead atoms. The third-order valence-corrected chi connectivity index (χ3v) is 2.89. The van der Waals surface area contributed by atoms with Crippen LogP contribution in [0.25, 0.3) is 0 Å². The van der Waals surface area contributed by atoms with E-state index in [1.807, 2.05) is 6.92 Å². The predicted molar refractivity (Wildman–Crippen MR) is 59.0 cm³/mol. The van der Waals surface area contributed by atoms with E-state index in [4.69, 9.17) is 9.15 Å². The fourth-order valence-electron chi connectivity index (χ4n) is 2.17. The Kier molecular flexibility index (Phi) is 3.25. The Morgan fingerprint density at radius 3 is 2.38 bits per heavy atom. The van der Waals surface area contributed by atoms with Crippen LogP contribution in [0.5, 0.6) is 0 Å². The van der Waals surface area contributed by atoms with Gasteiger partial charge in [-0.3, -0.25) is 4.90 Å². The number of rotatable bonds is 2. The van der Waals surface area contributed by atoms with Gasteiger partial charge in [0.25, 0.3) is 0 Å². The Balaban J connectivity index is 2.06. The number of hydrogen-bond acceptors (Lipinski definition) is 5. The molecule has 1 fully saturated rings. The van der Waals surface area contributed by atoms with Crippen molar-refractivity contribution < 1.29 is 9.15 Å². The number of ether oxygens (including phenoxy) is 1. The lowest BCUT2D eigenvalue weighted by atomic mass is 10.2. The van der Waals surface area contributed by atoms with Gasteiger partial charge in [0.2, 0.25) is 11.8 Å². The molecular formula is C11H19N3O2. The van der Waals surface area contributed by atoms with E-state index in [2.05, 4.69) is 35.9 Å². The molecule has 1 aromatic rings. The summed E-state index contributed by atoms with van der Waals surface area (Å²) in [6.07, 6.45) is 0.519. The molecule has 0 unspecified atom stereocenters. The largest absolute Gasteiger partial charge is 0.424 e. The highest BCUT2D eigenvalue weighted by Crippen LogP contribution is 2.23. The molecule has 1 aromatic heterocycles. The van der Waals surface area contributed by atoms with Crippen molar-refractivity contribution in [3.05, 3.63) is 11.8 Å². The molecule has 2 heterocycles. The molecule has 0 saturated carbocycles. The molecular weight excluding hydrogens is 206 g/mol. The molecule has 0 aromatic carbocycles. The molecule has 5 nitrogen and oxygen atoms in total. The van der Waals surface area contributed by atoms with Crippen LogP contribution in [0.1, 0.15) is 38.6 Å². The van der Waals surface area contributed by atoms with Gasteiger partial charge in [-0.05, 0) is 20.8 Å². The quantitative estimate of drug-likeness (QED) is 0.764. The summed E-state index contributed by atoms with van der Waals surface area (Å²) in [6, 6.07) is 0.162. The Hall–Kier alpha value is -0.940. The van der Waals surface area contributed by atoms with E-state index in [0.29, 0.717) is 11.8 Å². The minimum Gasteiger partial charge on any atom is -0.424 e. The smallest absolute Gasteiger partial charge is 0.233 e. The van der Waals surface area contributed by atoms with Gasteiger partial charge in [-0.2, -0.15) is 0 Å². The third-order valence-electron chi connectivity index (χ3n) is 2.89. The van der Waals surface area contributed by atoms with E-state index in [0.717, 1.165) is 13.1 Å². The molecule has 3 atom stereocenters. The van der Waals surface area contributed by atoms with Crippen molar-refractivity contribution >= 4 is 0 Å². The van der Waals surface area contributed by atoms with Crippen LogP contribution in [0.3, 0.4) is 0 Å². The molecule has 90 valence electrons. The second kappa shape index (κ2) is 4.51. The van der Waals surface area contributed by atoms with Crippen LogP contribution in [0.15, 0.2) is 4.42 Å². The number of morpholine rings is 1. The van der Waals surface area contributed by atoms with Crippen molar-refractivity contribution in [2.75, 3.05) is 13.1 Å². The maximum absolute atomic E-state index is 5.70. The van der Waals surface area contributed by atoms with Crippen molar-refractivity contribution in [3.8, 4) is 0 Å². The van der Waals surface area contributed by atoms with Crippen LogP contribution >= 0.6 is 0 Å². The Bertz CT molecular complexity index is 343. The number of nitrogens with zero attached hydrogens (tertiary/aromatic N) is 3. The first-order valence-electron chi connectivity index (χ1n) is 5.75. The van der Waals surface area contributed by atoms with Gasteiger partial charge in [-0.1, -0.05) is 0 Å². The first-order valence-corrected chi connectivity index (χ1v) is 5.75. The molecule has 1 aliphatic heterocycles. The number of hydrogen-bond donors (Lipinski definition) is 0. The van der Waals surface area contributed by atoms with Crippen molar-refractivity contribution in [2.24, 2.45) is 0 Å². The molecule has 0 aliphatic carbocycles. The van der Waals surface area contributed by atoms with E-state index in [1.54, 1.807) is 0 Å². The summed E-state index contributed by atoms with van der Waals surface area (Å²) in [7, 11) is 0. The maximum Gasteiger partial charge on any atom is 0.233 e. The Morgan fingerprint density at radius 2 is 1.88 bits per heavy atom. The predicted octanol–water partition coefficient (Wildman–Crippen LogP) is 1.55. The second-order valence-electron chi connectivity index (χ2n) is 4.55. The number of aromatic nitrogens is 2. The standard InChI is InChI=1S/C11H19N3O2/c1-7-5-14(6-8(2)15-7)9(3)11-13-12-10(4)16-11/h7-9H,5-6H2,1-4H3/t7-,8+,9-/m0/s1. The zero-order valence-electron chi connectivity index (χ0n) is 10.3. The average Bonchev–Trinajstić information content (AvgIpc) is 2.62. The zero-order valence-corrected chi connectivity index (χ0v) is 10.3. The SMILES string of the molecule is Cc1nnc([C@H](C)N2C[C@@H](C)O[C@@H](C)C2)o1. The summed E-state index contributed by atoms with van der Waals surface area (Å²) in [5.41, 5.74) is 0. The lowest BCUT2D eigenvalue weighted by Crippen LogP contribution is -2.46. The average molecular weight is 225 g/mol. The number of aryl methyl sites for hydroxylation is 1. The summed E-state index contributed by atoms with van der Waals surface area (Å²) in [5, 5.41) is 7.94. The van der Waals surface area contributed by atoms with Crippen LogP contribution in [0, 0.1) is 6.92 Å².